The van der Waals surface area contributed by atoms with Crippen LogP contribution >= 0.6 is 11.8 Å². The predicted molar refractivity (Wildman–Crippen MR) is 114 cm³/mol. The van der Waals surface area contributed by atoms with E-state index < -0.39 is 6.04 Å². The topological polar surface area (TPSA) is 77.1 Å². The zero-order valence-electron chi connectivity index (χ0n) is 17.1. The molecular weight excluding hydrogens is 404 g/mol. The Morgan fingerprint density at radius 1 is 1.10 bits per heavy atom. The zero-order chi connectivity index (χ0) is 21.3. The van der Waals surface area contributed by atoms with E-state index in [2.05, 4.69) is 5.32 Å². The smallest absolute Gasteiger partial charge is 0.260 e. The van der Waals surface area contributed by atoms with Crippen LogP contribution in [-0.4, -0.2) is 56.4 Å². The minimum Gasteiger partial charge on any atom is -0.496 e. The molecule has 30 heavy (non-hydrogen) atoms. The lowest BCUT2D eigenvalue weighted by molar-refractivity contribution is -0.124. The van der Waals surface area contributed by atoms with Gasteiger partial charge in [-0.2, -0.15) is 0 Å². The monoisotopic (exact) mass is 428 g/mol. The maximum Gasteiger partial charge on any atom is 0.260 e. The first-order valence-corrected chi connectivity index (χ1v) is 10.7. The molecule has 0 saturated carbocycles. The minimum atomic E-state index is -0.520. The molecule has 0 aliphatic carbocycles. The first kappa shape index (κ1) is 20.4. The van der Waals surface area contributed by atoms with Gasteiger partial charge in [0.2, 0.25) is 5.91 Å². The molecule has 2 heterocycles. The van der Waals surface area contributed by atoms with Crippen molar-refractivity contribution in [2.75, 3.05) is 33.6 Å². The third-order valence-corrected chi connectivity index (χ3v) is 6.79. The van der Waals surface area contributed by atoms with E-state index in [9.17, 15) is 9.59 Å². The van der Waals surface area contributed by atoms with Crippen molar-refractivity contribution in [3.63, 3.8) is 0 Å². The Kier molecular flexibility index (Phi) is 5.76. The summed E-state index contributed by atoms with van der Waals surface area (Å²) >= 11 is 1.59. The van der Waals surface area contributed by atoms with E-state index in [0.717, 1.165) is 16.9 Å². The van der Waals surface area contributed by atoms with E-state index >= 15 is 0 Å². The van der Waals surface area contributed by atoms with Gasteiger partial charge in [-0.15, -0.1) is 11.8 Å². The van der Waals surface area contributed by atoms with E-state index in [1.807, 2.05) is 30.3 Å². The molecule has 1 N–H and O–H groups in total. The number of thioether (sulfide) groups is 1. The molecule has 158 valence electrons. The zero-order valence-corrected chi connectivity index (χ0v) is 18.0. The molecule has 0 radical (unpaired) electrons. The van der Waals surface area contributed by atoms with Gasteiger partial charge in [-0.1, -0.05) is 24.3 Å². The molecule has 8 heteroatoms. The van der Waals surface area contributed by atoms with Crippen LogP contribution < -0.4 is 19.5 Å². The van der Waals surface area contributed by atoms with E-state index in [1.165, 1.54) is 14.2 Å². The van der Waals surface area contributed by atoms with Gasteiger partial charge in [0.25, 0.3) is 5.91 Å². The molecule has 2 aromatic rings. The number of methoxy groups -OCH3 is 3. The molecule has 1 fully saturated rings. The Morgan fingerprint density at radius 2 is 1.87 bits per heavy atom. The van der Waals surface area contributed by atoms with Crippen molar-refractivity contribution in [2.45, 2.75) is 17.8 Å². The third kappa shape index (κ3) is 3.35. The number of para-hydroxylation sites is 1. The number of nitrogens with one attached hydrogen (secondary N) is 1. The van der Waals surface area contributed by atoms with Crippen LogP contribution in [0, 0.1) is 0 Å². The molecular formula is C22H24N2O5S. The van der Waals surface area contributed by atoms with Crippen LogP contribution in [0.2, 0.25) is 0 Å². The Labute approximate surface area is 179 Å². The Morgan fingerprint density at radius 3 is 2.60 bits per heavy atom. The summed E-state index contributed by atoms with van der Waals surface area (Å²) in [6.07, 6.45) is 0.651. The highest BCUT2D eigenvalue weighted by Gasteiger charge is 2.50. The number of carbonyl (C=O) groups is 2. The predicted octanol–water partition coefficient (Wildman–Crippen LogP) is 2.64. The third-order valence-electron chi connectivity index (χ3n) is 5.48. The fourth-order valence-electron chi connectivity index (χ4n) is 4.04. The number of benzene rings is 2. The lowest BCUT2D eigenvalue weighted by Gasteiger charge is -2.22. The number of fused-ring (bicyclic) bond motifs is 3. The molecule has 2 atom stereocenters. The largest absolute Gasteiger partial charge is 0.496 e. The Balaban J connectivity index is 1.47. The fourth-order valence-corrected chi connectivity index (χ4v) is 5.50. The second kappa shape index (κ2) is 8.47. The van der Waals surface area contributed by atoms with Gasteiger partial charge in [-0.25, -0.2) is 0 Å². The van der Waals surface area contributed by atoms with Crippen molar-refractivity contribution in [3.8, 4) is 17.2 Å². The summed E-state index contributed by atoms with van der Waals surface area (Å²) < 4.78 is 16.1. The van der Waals surface area contributed by atoms with Crippen LogP contribution in [0.3, 0.4) is 0 Å². The number of rotatable bonds is 7. The lowest BCUT2D eigenvalue weighted by atomic mass is 10.1. The highest BCUT2D eigenvalue weighted by Crippen LogP contribution is 2.52. The maximum atomic E-state index is 13.2. The molecule has 2 aliphatic heterocycles. The molecule has 0 spiro atoms. The first-order valence-electron chi connectivity index (χ1n) is 9.69. The van der Waals surface area contributed by atoms with Gasteiger partial charge >= 0.3 is 0 Å². The number of amides is 2. The van der Waals surface area contributed by atoms with Crippen LogP contribution in [-0.2, 0) is 11.2 Å². The average molecular weight is 429 g/mol. The lowest BCUT2D eigenvalue weighted by Crippen LogP contribution is -2.46. The van der Waals surface area contributed by atoms with Gasteiger partial charge in [0.1, 0.15) is 17.2 Å². The van der Waals surface area contributed by atoms with Crippen molar-refractivity contribution >= 4 is 23.6 Å². The van der Waals surface area contributed by atoms with Crippen LogP contribution in [0.25, 0.3) is 0 Å². The average Bonchev–Trinajstić information content (AvgIpc) is 3.33. The molecule has 2 amide bonds. The SMILES string of the molecule is COc1ccccc1CCNC(=O)C1CSC2c3ccc(OC)c(OC)c3C(=O)N12. The second-order valence-corrected chi connectivity index (χ2v) is 8.15. The molecule has 0 bridgehead atoms. The summed E-state index contributed by atoms with van der Waals surface area (Å²) in [5, 5.41) is 2.79. The van der Waals surface area contributed by atoms with Gasteiger partial charge < -0.3 is 24.4 Å². The van der Waals surface area contributed by atoms with Crippen molar-refractivity contribution < 1.29 is 23.8 Å². The molecule has 2 aliphatic rings. The Bertz CT molecular complexity index is 980. The molecule has 4 rings (SSSR count). The first-order chi connectivity index (χ1) is 14.6. The summed E-state index contributed by atoms with van der Waals surface area (Å²) in [5.41, 5.74) is 2.38. The van der Waals surface area contributed by atoms with E-state index in [0.29, 0.717) is 35.8 Å². The standard InChI is InChI=1S/C22H24N2O5S/c1-27-16-7-5-4-6-13(16)10-11-23-20(25)15-12-30-22-14-8-9-17(28-2)19(29-3)18(14)21(26)24(15)22/h4-9,15,22H,10-12H2,1-3H3,(H,23,25). The van der Waals surface area contributed by atoms with Gasteiger partial charge in [0, 0.05) is 17.9 Å². The molecule has 7 nitrogen and oxygen atoms in total. The van der Waals surface area contributed by atoms with Gasteiger partial charge in [0.05, 0.1) is 26.9 Å². The molecule has 2 aromatic carbocycles. The van der Waals surface area contributed by atoms with Crippen molar-refractivity contribution in [3.05, 3.63) is 53.1 Å². The Hall–Kier alpha value is -2.87. The summed E-state index contributed by atoms with van der Waals surface area (Å²) in [7, 11) is 4.69. The van der Waals surface area contributed by atoms with Crippen LogP contribution in [0.4, 0.5) is 0 Å². The highest BCUT2D eigenvalue weighted by molar-refractivity contribution is 7.99. The summed E-state index contributed by atoms with van der Waals surface area (Å²) in [6.45, 7) is 0.469. The van der Waals surface area contributed by atoms with Gasteiger partial charge in [-0.05, 0) is 24.1 Å². The van der Waals surface area contributed by atoms with Crippen molar-refractivity contribution in [2.24, 2.45) is 0 Å². The van der Waals surface area contributed by atoms with Crippen molar-refractivity contribution in [1.82, 2.24) is 10.2 Å². The van der Waals surface area contributed by atoms with Crippen LogP contribution in [0.1, 0.15) is 26.9 Å². The number of hydrogen-bond acceptors (Lipinski definition) is 6. The normalized spacial score (nSPS) is 19.3. The van der Waals surface area contributed by atoms with Crippen LogP contribution in [0.15, 0.2) is 36.4 Å². The fraction of sp³-hybridized carbons (Fsp3) is 0.364. The van der Waals surface area contributed by atoms with Crippen molar-refractivity contribution in [1.29, 1.82) is 0 Å². The van der Waals surface area contributed by atoms with Gasteiger partial charge in [-0.3, -0.25) is 9.59 Å². The molecule has 1 saturated heterocycles. The number of nitrogens with zero attached hydrogens (tertiary/aromatic N) is 1. The molecule has 2 unspecified atom stereocenters. The summed E-state index contributed by atoms with van der Waals surface area (Å²) in [5.74, 6) is 1.95. The summed E-state index contributed by atoms with van der Waals surface area (Å²) in [4.78, 5) is 27.8. The quantitative estimate of drug-likeness (QED) is 0.731. The van der Waals surface area contributed by atoms with Gasteiger partial charge in [0.15, 0.2) is 11.5 Å². The second-order valence-electron chi connectivity index (χ2n) is 7.03. The van der Waals surface area contributed by atoms with E-state index in [-0.39, 0.29) is 17.2 Å². The number of hydrogen-bond donors (Lipinski definition) is 1. The summed E-state index contributed by atoms with van der Waals surface area (Å²) in [6, 6.07) is 10.9. The molecule has 0 aromatic heterocycles. The minimum absolute atomic E-state index is 0.146. The number of carbonyl (C=O) groups excluding carboxylic acids is 2. The highest BCUT2D eigenvalue weighted by atomic mass is 32.2. The van der Waals surface area contributed by atoms with E-state index in [1.54, 1.807) is 29.8 Å². The maximum absolute atomic E-state index is 13.2. The van der Waals surface area contributed by atoms with E-state index in [4.69, 9.17) is 14.2 Å². The number of ether oxygens (including phenoxy) is 3. The van der Waals surface area contributed by atoms with Crippen LogP contribution in [0.5, 0.6) is 17.2 Å².